The highest BCUT2D eigenvalue weighted by Crippen LogP contribution is 2.77. The van der Waals surface area contributed by atoms with E-state index in [0.29, 0.717) is 25.7 Å². The van der Waals surface area contributed by atoms with Gasteiger partial charge in [-0.25, -0.2) is 0 Å². The molecule has 1 heterocycles. The quantitative estimate of drug-likeness (QED) is 0.568. The van der Waals surface area contributed by atoms with Gasteiger partial charge in [-0.1, -0.05) is 12.2 Å². The zero-order chi connectivity index (χ0) is 17.1. The predicted molar refractivity (Wildman–Crippen MR) is 83.8 cm³/mol. The Morgan fingerprint density at radius 2 is 2.08 bits per heavy atom. The van der Waals surface area contributed by atoms with Gasteiger partial charge in [-0.05, 0) is 56.8 Å². The first-order chi connectivity index (χ1) is 11.3. The first kappa shape index (κ1) is 14.9. The molecule has 2 N–H and O–H groups in total. The van der Waals surface area contributed by atoms with Crippen LogP contribution in [0.5, 0.6) is 0 Å². The average Bonchev–Trinajstić information content (AvgIpc) is 2.92. The van der Waals surface area contributed by atoms with E-state index in [1.165, 1.54) is 0 Å². The molecule has 5 aliphatic rings. The van der Waals surface area contributed by atoms with Crippen LogP contribution in [-0.2, 0) is 14.3 Å². The van der Waals surface area contributed by atoms with E-state index in [0.717, 1.165) is 18.4 Å². The normalized spacial score (nSPS) is 57.5. The molecule has 0 radical (unpaired) electrons. The van der Waals surface area contributed by atoms with Crippen LogP contribution in [-0.4, -0.2) is 33.9 Å². The summed E-state index contributed by atoms with van der Waals surface area (Å²) in [7, 11) is 0. The van der Waals surface area contributed by atoms with E-state index in [2.05, 4.69) is 6.58 Å². The number of aliphatic hydroxyl groups is 1. The minimum atomic E-state index is -0.833. The zero-order valence-electron chi connectivity index (χ0n) is 14.0. The van der Waals surface area contributed by atoms with Gasteiger partial charge in [0.25, 0.3) is 0 Å². The van der Waals surface area contributed by atoms with Crippen LogP contribution >= 0.6 is 0 Å². The maximum atomic E-state index is 12.7. The predicted octanol–water partition coefficient (Wildman–Crippen LogP) is 2.14. The lowest BCUT2D eigenvalue weighted by Gasteiger charge is -2.46. The van der Waals surface area contributed by atoms with Crippen molar-refractivity contribution in [3.63, 3.8) is 0 Å². The lowest BCUT2D eigenvalue weighted by molar-refractivity contribution is -0.168. The van der Waals surface area contributed by atoms with Gasteiger partial charge in [0.1, 0.15) is 5.60 Å². The van der Waals surface area contributed by atoms with Crippen molar-refractivity contribution < 1.29 is 24.5 Å². The summed E-state index contributed by atoms with van der Waals surface area (Å²) in [6.45, 7) is 6.07. The number of carboxylic acid groups (broad SMARTS) is 1. The Morgan fingerprint density at radius 3 is 2.79 bits per heavy atom. The molecule has 5 heteroatoms. The highest BCUT2D eigenvalue weighted by atomic mass is 16.6. The summed E-state index contributed by atoms with van der Waals surface area (Å²) in [5.41, 5.74) is -0.943. The van der Waals surface area contributed by atoms with E-state index in [1.807, 2.05) is 6.92 Å². The van der Waals surface area contributed by atoms with Crippen LogP contribution < -0.4 is 0 Å². The van der Waals surface area contributed by atoms with E-state index in [4.69, 9.17) is 4.74 Å². The van der Waals surface area contributed by atoms with E-state index in [9.17, 15) is 19.8 Å². The molecule has 1 saturated heterocycles. The average molecular weight is 332 g/mol. The molecular weight excluding hydrogens is 308 g/mol. The smallest absolute Gasteiger partial charge is 0.312 e. The Bertz CT molecular complexity index is 685. The van der Waals surface area contributed by atoms with Crippen LogP contribution in [0.4, 0.5) is 0 Å². The first-order valence-corrected chi connectivity index (χ1v) is 9.08. The number of carbonyl (C=O) groups is 2. The Morgan fingerprint density at radius 1 is 1.33 bits per heavy atom. The van der Waals surface area contributed by atoms with Gasteiger partial charge in [-0.2, -0.15) is 0 Å². The fourth-order valence-corrected chi connectivity index (χ4v) is 7.78. The number of rotatable bonds is 1. The van der Waals surface area contributed by atoms with Crippen LogP contribution in [0, 0.1) is 34.5 Å². The van der Waals surface area contributed by atoms with Crippen molar-refractivity contribution in [2.45, 2.75) is 57.2 Å². The summed E-state index contributed by atoms with van der Waals surface area (Å²) in [5, 5.41) is 21.1. The molecule has 4 saturated carbocycles. The van der Waals surface area contributed by atoms with E-state index >= 15 is 0 Å². The van der Waals surface area contributed by atoms with Crippen LogP contribution in [0.15, 0.2) is 12.2 Å². The fourth-order valence-electron chi connectivity index (χ4n) is 7.78. The molecule has 24 heavy (non-hydrogen) atoms. The van der Waals surface area contributed by atoms with Crippen molar-refractivity contribution in [3.05, 3.63) is 12.2 Å². The lowest BCUT2D eigenvalue weighted by Crippen LogP contribution is -2.51. The Balaban J connectivity index is 1.78. The maximum absolute atomic E-state index is 12.7. The molecule has 8 unspecified atom stereocenters. The number of aliphatic carboxylic acids is 1. The summed E-state index contributed by atoms with van der Waals surface area (Å²) >= 11 is 0. The van der Waals surface area contributed by atoms with Gasteiger partial charge >= 0.3 is 11.9 Å². The molecule has 4 aliphatic carbocycles. The van der Waals surface area contributed by atoms with Crippen LogP contribution in [0.2, 0.25) is 0 Å². The van der Waals surface area contributed by atoms with Crippen molar-refractivity contribution in [2.24, 2.45) is 34.5 Å². The SMILES string of the molecule is C=C1CC23CC1CC(O)C2C12CCCC(C)(C(=O)O1)C2C3C(=O)O. The molecule has 1 aliphatic heterocycles. The largest absolute Gasteiger partial charge is 0.481 e. The molecule has 130 valence electrons. The van der Waals surface area contributed by atoms with E-state index < -0.39 is 34.4 Å². The number of ether oxygens (including phenoxy) is 1. The molecular formula is C19H24O5. The van der Waals surface area contributed by atoms with Gasteiger partial charge in [0.05, 0.1) is 17.4 Å². The number of allylic oxidation sites excluding steroid dienone is 1. The number of hydrogen-bond acceptors (Lipinski definition) is 4. The van der Waals surface area contributed by atoms with E-state index in [1.54, 1.807) is 0 Å². The van der Waals surface area contributed by atoms with Gasteiger partial charge in [-0.3, -0.25) is 9.59 Å². The molecule has 5 nitrogen and oxygen atoms in total. The Labute approximate surface area is 141 Å². The number of carbonyl (C=O) groups excluding carboxylic acids is 1. The van der Waals surface area contributed by atoms with Crippen molar-refractivity contribution in [2.75, 3.05) is 0 Å². The van der Waals surface area contributed by atoms with Crippen molar-refractivity contribution in [3.8, 4) is 0 Å². The molecule has 0 aromatic heterocycles. The third-order valence-corrected chi connectivity index (χ3v) is 8.26. The van der Waals surface area contributed by atoms with Crippen LogP contribution in [0.1, 0.15) is 45.4 Å². The van der Waals surface area contributed by atoms with Gasteiger partial charge < -0.3 is 14.9 Å². The second-order valence-corrected chi connectivity index (χ2v) is 9.16. The van der Waals surface area contributed by atoms with Crippen molar-refractivity contribution >= 4 is 11.9 Å². The van der Waals surface area contributed by atoms with Gasteiger partial charge in [0.15, 0.2) is 0 Å². The summed E-state index contributed by atoms with van der Waals surface area (Å²) in [4.78, 5) is 25.1. The monoisotopic (exact) mass is 332 g/mol. The topological polar surface area (TPSA) is 83.8 Å². The van der Waals surface area contributed by atoms with Crippen molar-refractivity contribution in [1.82, 2.24) is 0 Å². The number of carboxylic acids is 1. The van der Waals surface area contributed by atoms with Gasteiger partial charge in [0.2, 0.25) is 0 Å². The highest BCUT2D eigenvalue weighted by Gasteiger charge is 2.83. The number of aliphatic hydroxyl groups excluding tert-OH is 1. The van der Waals surface area contributed by atoms with Gasteiger partial charge in [-0.15, -0.1) is 0 Å². The maximum Gasteiger partial charge on any atom is 0.312 e. The molecule has 8 atom stereocenters. The Kier molecular flexibility index (Phi) is 2.53. The third kappa shape index (κ3) is 1.32. The first-order valence-electron chi connectivity index (χ1n) is 9.08. The van der Waals surface area contributed by atoms with Crippen molar-refractivity contribution in [1.29, 1.82) is 0 Å². The van der Waals surface area contributed by atoms with E-state index in [-0.39, 0.29) is 23.7 Å². The standard InChI is InChI=1S/C19H24O5/c1-9-7-18-8-10(9)6-11(20)13(18)19-5-3-4-17(2,16(23)24-19)14(19)12(18)15(21)22/h10-14,20H,1,3-8H2,2H3,(H,21,22). The molecule has 0 aromatic rings. The summed E-state index contributed by atoms with van der Waals surface area (Å²) in [5.74, 6) is -2.10. The Hall–Kier alpha value is -1.36. The fraction of sp³-hybridized carbons (Fsp3) is 0.789. The number of fused-ring (bicyclic) bond motifs is 1. The zero-order valence-corrected chi connectivity index (χ0v) is 14.0. The molecule has 0 aromatic carbocycles. The summed E-state index contributed by atoms with van der Waals surface area (Å²) < 4.78 is 6.01. The molecule has 0 amide bonds. The second kappa shape index (κ2) is 4.06. The minimum Gasteiger partial charge on any atom is -0.481 e. The summed E-state index contributed by atoms with van der Waals surface area (Å²) in [6.07, 6.45) is 3.67. The minimum absolute atomic E-state index is 0.205. The van der Waals surface area contributed by atoms with Crippen LogP contribution in [0.3, 0.4) is 0 Å². The number of esters is 1. The lowest BCUT2D eigenvalue weighted by atomic mass is 9.60. The van der Waals surface area contributed by atoms with Crippen LogP contribution in [0.25, 0.3) is 0 Å². The molecule has 4 bridgehead atoms. The highest BCUT2D eigenvalue weighted by molar-refractivity contribution is 5.84. The third-order valence-electron chi connectivity index (χ3n) is 8.26. The second-order valence-electron chi connectivity index (χ2n) is 9.16. The summed E-state index contributed by atoms with van der Waals surface area (Å²) in [6, 6.07) is 0. The molecule has 5 rings (SSSR count). The number of hydrogen-bond donors (Lipinski definition) is 2. The molecule has 5 fully saturated rings. The van der Waals surface area contributed by atoms with Gasteiger partial charge in [0, 0.05) is 11.8 Å². The molecule has 1 spiro atoms.